The van der Waals surface area contributed by atoms with Gasteiger partial charge < -0.3 is 4.74 Å². The number of hydrogen-bond acceptors (Lipinski definition) is 3. The first-order valence-corrected chi connectivity index (χ1v) is 7.65. The molecule has 0 aliphatic heterocycles. The number of rotatable bonds is 8. The fourth-order valence-corrected chi connectivity index (χ4v) is 2.70. The Morgan fingerprint density at radius 1 is 1.15 bits per heavy atom. The highest BCUT2D eigenvalue weighted by molar-refractivity contribution is 6.00. The maximum atomic E-state index is 12.5. The number of ether oxygens (including phenoxy) is 1. The van der Waals surface area contributed by atoms with Gasteiger partial charge >= 0.3 is 0 Å². The lowest BCUT2D eigenvalue weighted by Gasteiger charge is -2.21. The summed E-state index contributed by atoms with van der Waals surface area (Å²) in [6, 6.07) is 7.54. The zero-order chi connectivity index (χ0) is 13.9. The second-order valence-electron chi connectivity index (χ2n) is 6.20. The molecule has 0 heterocycles. The zero-order valence-electron chi connectivity index (χ0n) is 12.2. The van der Waals surface area contributed by atoms with Crippen LogP contribution >= 0.6 is 0 Å². The summed E-state index contributed by atoms with van der Waals surface area (Å²) in [6.07, 6.45) is 5.35. The quantitative estimate of drug-likeness (QED) is 0.682. The van der Waals surface area contributed by atoms with Gasteiger partial charge in [-0.25, -0.2) is 0 Å². The Morgan fingerprint density at radius 3 is 2.30 bits per heavy atom. The van der Waals surface area contributed by atoms with Crippen LogP contribution in [0.2, 0.25) is 0 Å². The molecule has 2 fully saturated rings. The lowest BCUT2D eigenvalue weighted by Crippen LogP contribution is -2.33. The SMILES string of the molecule is COc1ccccc1C(=O)CN(CC1CC1)CC1CC1. The molecule has 20 heavy (non-hydrogen) atoms. The first-order valence-electron chi connectivity index (χ1n) is 7.65. The van der Waals surface area contributed by atoms with E-state index in [4.69, 9.17) is 4.74 Å². The minimum Gasteiger partial charge on any atom is -0.496 e. The first-order chi connectivity index (χ1) is 9.76. The van der Waals surface area contributed by atoms with Crippen LogP contribution in [0.15, 0.2) is 24.3 Å². The van der Waals surface area contributed by atoms with E-state index in [1.807, 2.05) is 24.3 Å². The number of Topliss-reactive ketones (excluding diaryl/α,β-unsaturated/α-hetero) is 1. The van der Waals surface area contributed by atoms with Crippen molar-refractivity contribution in [3.8, 4) is 5.75 Å². The monoisotopic (exact) mass is 273 g/mol. The number of carbonyl (C=O) groups excluding carboxylic acids is 1. The van der Waals surface area contributed by atoms with Crippen molar-refractivity contribution < 1.29 is 9.53 Å². The van der Waals surface area contributed by atoms with E-state index in [0.717, 1.165) is 24.9 Å². The van der Waals surface area contributed by atoms with Crippen LogP contribution in [0.4, 0.5) is 0 Å². The molecule has 0 atom stereocenters. The van der Waals surface area contributed by atoms with E-state index in [-0.39, 0.29) is 5.78 Å². The summed E-state index contributed by atoms with van der Waals surface area (Å²) >= 11 is 0. The van der Waals surface area contributed by atoms with Gasteiger partial charge in [0.2, 0.25) is 0 Å². The van der Waals surface area contributed by atoms with Crippen LogP contribution in [0.5, 0.6) is 5.75 Å². The zero-order valence-corrected chi connectivity index (χ0v) is 12.2. The van der Waals surface area contributed by atoms with E-state index in [2.05, 4.69) is 4.90 Å². The molecule has 3 nitrogen and oxygen atoms in total. The second kappa shape index (κ2) is 5.96. The summed E-state index contributed by atoms with van der Waals surface area (Å²) in [5.41, 5.74) is 0.714. The molecule has 0 radical (unpaired) electrons. The van der Waals surface area contributed by atoms with Crippen LogP contribution in [-0.2, 0) is 0 Å². The fraction of sp³-hybridized carbons (Fsp3) is 0.588. The Balaban J connectivity index is 1.64. The number of para-hydroxylation sites is 1. The Labute approximate surface area is 120 Å². The number of ketones is 1. The highest BCUT2D eigenvalue weighted by Crippen LogP contribution is 2.33. The molecular formula is C17H23NO2. The summed E-state index contributed by atoms with van der Waals surface area (Å²) in [5, 5.41) is 0. The van der Waals surface area contributed by atoms with E-state index >= 15 is 0 Å². The first kappa shape index (κ1) is 13.6. The van der Waals surface area contributed by atoms with Crippen LogP contribution in [0, 0.1) is 11.8 Å². The molecule has 2 saturated carbocycles. The predicted molar refractivity (Wildman–Crippen MR) is 79.2 cm³/mol. The molecule has 0 N–H and O–H groups in total. The van der Waals surface area contributed by atoms with E-state index in [1.165, 1.54) is 25.7 Å². The molecule has 0 amide bonds. The van der Waals surface area contributed by atoms with Crippen molar-refractivity contribution in [1.29, 1.82) is 0 Å². The summed E-state index contributed by atoms with van der Waals surface area (Å²) in [5.74, 6) is 2.54. The number of hydrogen-bond donors (Lipinski definition) is 0. The number of nitrogens with zero attached hydrogens (tertiary/aromatic N) is 1. The smallest absolute Gasteiger partial charge is 0.180 e. The Kier molecular flexibility index (Phi) is 4.06. The molecule has 0 bridgehead atoms. The number of benzene rings is 1. The van der Waals surface area contributed by atoms with Crippen LogP contribution in [-0.4, -0.2) is 37.4 Å². The van der Waals surface area contributed by atoms with Gasteiger partial charge in [-0.05, 0) is 49.7 Å². The minimum atomic E-state index is 0.184. The van der Waals surface area contributed by atoms with Crippen molar-refractivity contribution in [3.63, 3.8) is 0 Å². The molecule has 1 aromatic rings. The average molecular weight is 273 g/mol. The molecular weight excluding hydrogens is 250 g/mol. The second-order valence-corrected chi connectivity index (χ2v) is 6.20. The Morgan fingerprint density at radius 2 is 1.75 bits per heavy atom. The van der Waals surface area contributed by atoms with Crippen molar-refractivity contribution in [2.45, 2.75) is 25.7 Å². The van der Waals surface area contributed by atoms with Crippen LogP contribution in [0.25, 0.3) is 0 Å². The number of methoxy groups -OCH3 is 1. The van der Waals surface area contributed by atoms with Crippen molar-refractivity contribution in [2.24, 2.45) is 11.8 Å². The molecule has 3 heteroatoms. The van der Waals surface area contributed by atoms with E-state index in [1.54, 1.807) is 7.11 Å². The largest absolute Gasteiger partial charge is 0.496 e. The third-order valence-corrected chi connectivity index (χ3v) is 4.20. The van der Waals surface area contributed by atoms with Gasteiger partial charge in [-0.1, -0.05) is 12.1 Å². The molecule has 0 spiro atoms. The summed E-state index contributed by atoms with van der Waals surface area (Å²) < 4.78 is 5.30. The van der Waals surface area contributed by atoms with Gasteiger partial charge in [0.1, 0.15) is 5.75 Å². The molecule has 3 rings (SSSR count). The lowest BCUT2D eigenvalue weighted by atomic mass is 10.1. The van der Waals surface area contributed by atoms with Crippen molar-refractivity contribution >= 4 is 5.78 Å². The van der Waals surface area contributed by atoms with Crippen LogP contribution in [0.3, 0.4) is 0 Å². The minimum absolute atomic E-state index is 0.184. The maximum Gasteiger partial charge on any atom is 0.180 e. The normalized spacial score (nSPS) is 18.3. The molecule has 0 unspecified atom stereocenters. The van der Waals surface area contributed by atoms with Gasteiger partial charge in [-0.2, -0.15) is 0 Å². The highest BCUT2D eigenvalue weighted by atomic mass is 16.5. The molecule has 0 aromatic heterocycles. The summed E-state index contributed by atoms with van der Waals surface area (Å²) in [6.45, 7) is 2.72. The maximum absolute atomic E-state index is 12.5. The Bertz CT molecular complexity index is 464. The molecule has 0 saturated heterocycles. The fourth-order valence-electron chi connectivity index (χ4n) is 2.70. The summed E-state index contributed by atoms with van der Waals surface area (Å²) in [7, 11) is 1.62. The van der Waals surface area contributed by atoms with Gasteiger partial charge in [-0.3, -0.25) is 9.69 Å². The predicted octanol–water partition coefficient (Wildman–Crippen LogP) is 3.00. The standard InChI is InChI=1S/C17H23NO2/c1-20-17-5-3-2-4-15(17)16(19)12-18(10-13-6-7-13)11-14-8-9-14/h2-5,13-14H,6-12H2,1H3. The van der Waals surface area contributed by atoms with E-state index in [9.17, 15) is 4.79 Å². The van der Waals surface area contributed by atoms with Crippen molar-refractivity contribution in [2.75, 3.05) is 26.7 Å². The lowest BCUT2D eigenvalue weighted by molar-refractivity contribution is 0.0921. The topological polar surface area (TPSA) is 29.5 Å². The van der Waals surface area contributed by atoms with Gasteiger partial charge in [0.25, 0.3) is 0 Å². The number of carbonyl (C=O) groups is 1. The van der Waals surface area contributed by atoms with Crippen LogP contribution in [0.1, 0.15) is 36.0 Å². The van der Waals surface area contributed by atoms with Crippen molar-refractivity contribution in [1.82, 2.24) is 4.90 Å². The van der Waals surface area contributed by atoms with Gasteiger partial charge in [0.15, 0.2) is 5.78 Å². The molecule has 1 aromatic carbocycles. The third-order valence-electron chi connectivity index (χ3n) is 4.20. The molecule has 108 valence electrons. The third kappa shape index (κ3) is 3.60. The highest BCUT2D eigenvalue weighted by Gasteiger charge is 2.30. The van der Waals surface area contributed by atoms with Crippen molar-refractivity contribution in [3.05, 3.63) is 29.8 Å². The van der Waals surface area contributed by atoms with Crippen LogP contribution < -0.4 is 4.74 Å². The van der Waals surface area contributed by atoms with Gasteiger partial charge in [0, 0.05) is 13.1 Å². The summed E-state index contributed by atoms with van der Waals surface area (Å²) in [4.78, 5) is 14.9. The average Bonchev–Trinajstić information content (AvgIpc) is 3.35. The van der Waals surface area contributed by atoms with Gasteiger partial charge in [0.05, 0.1) is 19.2 Å². The van der Waals surface area contributed by atoms with E-state index in [0.29, 0.717) is 17.9 Å². The Hall–Kier alpha value is -1.35. The molecule has 2 aliphatic rings. The van der Waals surface area contributed by atoms with Gasteiger partial charge in [-0.15, -0.1) is 0 Å². The molecule has 2 aliphatic carbocycles. The van der Waals surface area contributed by atoms with E-state index < -0.39 is 0 Å².